The maximum Gasteiger partial charge on any atom is 0.259 e. The van der Waals surface area contributed by atoms with Crippen LogP contribution >= 0.6 is 0 Å². The van der Waals surface area contributed by atoms with Crippen LogP contribution in [0.15, 0.2) is 54.6 Å². The number of carbonyl (C=O) groups is 1. The Balaban J connectivity index is 1.71. The number of hydrogen-bond acceptors (Lipinski definition) is 4. The van der Waals surface area contributed by atoms with E-state index in [1.807, 2.05) is 24.3 Å². The number of pyridine rings is 1. The van der Waals surface area contributed by atoms with E-state index in [2.05, 4.69) is 10.3 Å². The van der Waals surface area contributed by atoms with Crippen LogP contribution in [-0.2, 0) is 5.60 Å². The highest BCUT2D eigenvalue weighted by molar-refractivity contribution is 6.09. The molecule has 168 valence electrons. The van der Waals surface area contributed by atoms with Gasteiger partial charge in [-0.25, -0.2) is 13.8 Å². The molecule has 0 unspecified atom stereocenters. The monoisotopic (exact) mass is 439 g/mol. The van der Waals surface area contributed by atoms with Crippen molar-refractivity contribution in [3.63, 3.8) is 0 Å². The van der Waals surface area contributed by atoms with Gasteiger partial charge in [0.05, 0.1) is 16.7 Å². The third-order valence-corrected chi connectivity index (χ3v) is 5.79. The van der Waals surface area contributed by atoms with Crippen LogP contribution in [-0.4, -0.2) is 35.0 Å². The maximum atomic E-state index is 13.9. The Bertz CT molecular complexity index is 1140. The van der Waals surface area contributed by atoms with Gasteiger partial charge >= 0.3 is 0 Å². The largest absolute Gasteiger partial charge is 0.386 e. The lowest BCUT2D eigenvalue weighted by atomic mass is 9.98. The highest BCUT2D eigenvalue weighted by Crippen LogP contribution is 2.32. The van der Waals surface area contributed by atoms with Crippen molar-refractivity contribution in [3.05, 3.63) is 65.7 Å². The number of benzene rings is 2. The van der Waals surface area contributed by atoms with Crippen LogP contribution in [0.1, 0.15) is 49.0 Å². The number of rotatable bonds is 4. The summed E-state index contributed by atoms with van der Waals surface area (Å²) in [5, 5.41) is 14.0. The van der Waals surface area contributed by atoms with Gasteiger partial charge in [0.2, 0.25) is 5.92 Å². The Morgan fingerprint density at radius 3 is 2.66 bits per heavy atom. The van der Waals surface area contributed by atoms with Crippen LogP contribution in [0.5, 0.6) is 0 Å². The normalized spacial score (nSPS) is 16.6. The Labute approximate surface area is 186 Å². The van der Waals surface area contributed by atoms with E-state index < -0.39 is 11.5 Å². The number of aromatic nitrogens is 1. The number of para-hydroxylation sites is 1. The van der Waals surface area contributed by atoms with Crippen molar-refractivity contribution in [2.75, 3.05) is 23.3 Å². The van der Waals surface area contributed by atoms with Gasteiger partial charge in [0.15, 0.2) is 0 Å². The smallest absolute Gasteiger partial charge is 0.259 e. The van der Waals surface area contributed by atoms with E-state index in [0.717, 1.165) is 5.39 Å². The molecule has 0 spiro atoms. The molecule has 1 aromatic heterocycles. The average molecular weight is 440 g/mol. The van der Waals surface area contributed by atoms with Crippen LogP contribution in [0, 0.1) is 0 Å². The van der Waals surface area contributed by atoms with Gasteiger partial charge in [-0.3, -0.25) is 4.79 Å². The Morgan fingerprint density at radius 1 is 1.09 bits per heavy atom. The number of nitrogens with one attached hydrogen (secondary N) is 1. The number of amides is 1. The molecule has 1 amide bonds. The summed E-state index contributed by atoms with van der Waals surface area (Å²) in [6.07, 6.45) is -0.102. The minimum Gasteiger partial charge on any atom is -0.386 e. The van der Waals surface area contributed by atoms with Crippen molar-refractivity contribution in [3.8, 4) is 0 Å². The zero-order chi connectivity index (χ0) is 22.9. The molecule has 0 aliphatic carbocycles. The van der Waals surface area contributed by atoms with Crippen molar-refractivity contribution in [1.29, 1.82) is 0 Å². The number of fused-ring (bicyclic) bond motifs is 1. The summed E-state index contributed by atoms with van der Waals surface area (Å²) in [4.78, 5) is 19.8. The minimum atomic E-state index is -2.70. The molecule has 1 aliphatic rings. The SMILES string of the molecule is CC(C)(O)c1cccc(NC(=O)c2cc3ccccc3nc2N2CCCC(F)(F)CC2)c1. The molecule has 1 fully saturated rings. The molecular formula is C25H27F2N3O2. The van der Waals surface area contributed by atoms with Crippen molar-refractivity contribution in [2.45, 2.75) is 44.6 Å². The van der Waals surface area contributed by atoms with Crippen LogP contribution in [0.3, 0.4) is 0 Å². The van der Waals surface area contributed by atoms with E-state index in [1.54, 1.807) is 49.1 Å². The van der Waals surface area contributed by atoms with Gasteiger partial charge in [0, 0.05) is 37.0 Å². The van der Waals surface area contributed by atoms with E-state index in [-0.39, 0.29) is 25.3 Å². The zero-order valence-electron chi connectivity index (χ0n) is 18.2. The molecule has 2 aromatic carbocycles. The summed E-state index contributed by atoms with van der Waals surface area (Å²) in [7, 11) is 0. The Morgan fingerprint density at radius 2 is 1.88 bits per heavy atom. The first-order chi connectivity index (χ1) is 15.1. The predicted octanol–water partition coefficient (Wildman–Crippen LogP) is 5.34. The van der Waals surface area contributed by atoms with E-state index in [4.69, 9.17) is 0 Å². The summed E-state index contributed by atoms with van der Waals surface area (Å²) in [6.45, 7) is 3.89. The summed E-state index contributed by atoms with van der Waals surface area (Å²) < 4.78 is 27.9. The lowest BCUT2D eigenvalue weighted by Crippen LogP contribution is -2.29. The van der Waals surface area contributed by atoms with E-state index in [1.165, 1.54) is 0 Å². The molecule has 0 atom stereocenters. The quantitative estimate of drug-likeness (QED) is 0.576. The summed E-state index contributed by atoms with van der Waals surface area (Å²) in [6, 6.07) is 16.2. The molecule has 7 heteroatoms. The number of nitrogens with zero attached hydrogens (tertiary/aromatic N) is 2. The van der Waals surface area contributed by atoms with Gasteiger partial charge in [-0.1, -0.05) is 30.3 Å². The van der Waals surface area contributed by atoms with Crippen LogP contribution in [0.2, 0.25) is 0 Å². The number of aliphatic hydroxyl groups is 1. The van der Waals surface area contributed by atoms with Crippen molar-refractivity contribution >= 4 is 28.3 Å². The van der Waals surface area contributed by atoms with E-state index in [0.29, 0.717) is 41.1 Å². The molecule has 5 nitrogen and oxygen atoms in total. The standard InChI is InChI=1S/C25H27F2N3O2/c1-24(2,32)18-8-5-9-19(16-18)28-23(31)20-15-17-7-3-4-10-21(17)29-22(20)30-13-6-11-25(26,27)12-14-30/h3-5,7-10,15-16,32H,6,11-14H2,1-2H3,(H,28,31). The number of hydrogen-bond donors (Lipinski definition) is 2. The molecule has 4 rings (SSSR count). The highest BCUT2D eigenvalue weighted by Gasteiger charge is 2.33. The highest BCUT2D eigenvalue weighted by atomic mass is 19.3. The summed E-state index contributed by atoms with van der Waals surface area (Å²) >= 11 is 0. The third-order valence-electron chi connectivity index (χ3n) is 5.79. The lowest BCUT2D eigenvalue weighted by Gasteiger charge is -2.24. The van der Waals surface area contributed by atoms with Crippen LogP contribution < -0.4 is 10.2 Å². The molecular weight excluding hydrogens is 412 g/mol. The fourth-order valence-corrected chi connectivity index (χ4v) is 3.97. The van der Waals surface area contributed by atoms with Crippen molar-refractivity contribution < 1.29 is 18.7 Å². The first-order valence-electron chi connectivity index (χ1n) is 10.8. The topological polar surface area (TPSA) is 65.5 Å². The second kappa shape index (κ2) is 8.47. The second-order valence-electron chi connectivity index (χ2n) is 8.84. The zero-order valence-corrected chi connectivity index (χ0v) is 18.2. The molecule has 2 N–H and O–H groups in total. The average Bonchev–Trinajstić information content (AvgIpc) is 2.92. The second-order valence-corrected chi connectivity index (χ2v) is 8.84. The summed E-state index contributed by atoms with van der Waals surface area (Å²) in [5.41, 5.74) is 1.20. The molecule has 32 heavy (non-hydrogen) atoms. The molecule has 3 aromatic rings. The fourth-order valence-electron chi connectivity index (χ4n) is 3.97. The first kappa shape index (κ1) is 22.1. The molecule has 0 radical (unpaired) electrons. The lowest BCUT2D eigenvalue weighted by molar-refractivity contribution is -0.0102. The Kier molecular flexibility index (Phi) is 5.86. The molecule has 0 bridgehead atoms. The van der Waals surface area contributed by atoms with E-state index in [9.17, 15) is 18.7 Å². The number of halogens is 2. The van der Waals surface area contributed by atoms with Crippen LogP contribution in [0.25, 0.3) is 10.9 Å². The van der Waals surface area contributed by atoms with Gasteiger partial charge in [-0.2, -0.15) is 0 Å². The van der Waals surface area contributed by atoms with E-state index >= 15 is 0 Å². The van der Waals surface area contributed by atoms with Gasteiger partial charge in [-0.15, -0.1) is 0 Å². The predicted molar refractivity (Wildman–Crippen MR) is 122 cm³/mol. The van der Waals surface area contributed by atoms with Gasteiger partial charge in [-0.05, 0) is 50.1 Å². The number of carbonyl (C=O) groups excluding carboxylic acids is 1. The maximum absolute atomic E-state index is 13.9. The van der Waals surface area contributed by atoms with Gasteiger partial charge in [0.1, 0.15) is 5.82 Å². The molecule has 0 saturated carbocycles. The summed E-state index contributed by atoms with van der Waals surface area (Å²) in [5.74, 6) is -2.66. The number of alkyl halides is 2. The first-order valence-corrected chi connectivity index (χ1v) is 10.8. The molecule has 2 heterocycles. The van der Waals surface area contributed by atoms with Crippen molar-refractivity contribution in [1.82, 2.24) is 4.98 Å². The minimum absolute atomic E-state index is 0.132. The fraction of sp³-hybridized carbons (Fsp3) is 0.360. The molecule has 1 saturated heterocycles. The van der Waals surface area contributed by atoms with Crippen molar-refractivity contribution in [2.24, 2.45) is 0 Å². The third kappa shape index (κ3) is 4.88. The molecule has 1 aliphatic heterocycles. The number of anilines is 2. The van der Waals surface area contributed by atoms with Gasteiger partial charge < -0.3 is 15.3 Å². The van der Waals surface area contributed by atoms with Gasteiger partial charge in [0.25, 0.3) is 5.91 Å². The Hall–Kier alpha value is -3.06. The van der Waals surface area contributed by atoms with Crippen LogP contribution in [0.4, 0.5) is 20.3 Å².